The van der Waals surface area contributed by atoms with Crippen molar-refractivity contribution < 1.29 is 36.7 Å². The highest BCUT2D eigenvalue weighted by molar-refractivity contribution is 7.89. The fourth-order valence-electron chi connectivity index (χ4n) is 3.27. The monoisotopic (exact) mass is 483 g/mol. The average molecular weight is 483 g/mol. The summed E-state index contributed by atoms with van der Waals surface area (Å²) in [4.78, 5) is 23.7. The number of carbonyl (C=O) groups excluding carboxylic acids is 1. The number of sulfonamides is 1. The van der Waals surface area contributed by atoms with Crippen LogP contribution in [-0.4, -0.2) is 75.5 Å². The van der Waals surface area contributed by atoms with Gasteiger partial charge in [-0.15, -0.1) is 0 Å². The van der Waals surface area contributed by atoms with E-state index in [0.29, 0.717) is 5.75 Å². The fourth-order valence-corrected chi connectivity index (χ4v) is 4.70. The summed E-state index contributed by atoms with van der Waals surface area (Å²) in [6, 6.07) is 7.28. The van der Waals surface area contributed by atoms with Crippen LogP contribution in [0.25, 0.3) is 0 Å². The number of methoxy groups -OCH3 is 2. The second-order valence-corrected chi connectivity index (χ2v) is 8.90. The number of hydrogen-bond donors (Lipinski definition) is 0. The Morgan fingerprint density at radius 1 is 1.06 bits per heavy atom. The summed E-state index contributed by atoms with van der Waals surface area (Å²) < 4.78 is 56.4. The number of benzene rings is 2. The summed E-state index contributed by atoms with van der Waals surface area (Å²) in [6.07, 6.45) is 0. The molecule has 1 saturated heterocycles. The molecule has 1 fully saturated rings. The van der Waals surface area contributed by atoms with Crippen LogP contribution in [-0.2, 0) is 14.8 Å². The van der Waals surface area contributed by atoms with Gasteiger partial charge >= 0.3 is 5.69 Å². The van der Waals surface area contributed by atoms with E-state index in [9.17, 15) is 27.7 Å². The smallest absolute Gasteiger partial charge is 0.305 e. The van der Waals surface area contributed by atoms with Gasteiger partial charge in [-0.05, 0) is 18.2 Å². The minimum absolute atomic E-state index is 0.0267. The van der Waals surface area contributed by atoms with Crippen molar-refractivity contribution in [3.05, 3.63) is 52.3 Å². The number of piperazine rings is 1. The van der Waals surface area contributed by atoms with Crippen LogP contribution in [0.5, 0.6) is 17.2 Å². The van der Waals surface area contributed by atoms with Crippen molar-refractivity contribution in [2.24, 2.45) is 0 Å². The third kappa shape index (κ3) is 5.31. The highest BCUT2D eigenvalue weighted by Crippen LogP contribution is 2.31. The molecule has 0 aromatic heterocycles. The van der Waals surface area contributed by atoms with Gasteiger partial charge in [-0.2, -0.15) is 8.70 Å². The van der Waals surface area contributed by atoms with E-state index in [1.807, 2.05) is 0 Å². The molecule has 13 heteroatoms. The van der Waals surface area contributed by atoms with Crippen LogP contribution in [0.1, 0.15) is 0 Å². The van der Waals surface area contributed by atoms with E-state index in [4.69, 9.17) is 14.2 Å². The fraction of sp³-hybridized carbons (Fsp3) is 0.350. The van der Waals surface area contributed by atoms with Gasteiger partial charge in [0.1, 0.15) is 5.75 Å². The number of ether oxygens (including phenoxy) is 3. The van der Waals surface area contributed by atoms with Crippen molar-refractivity contribution in [3.8, 4) is 17.2 Å². The highest BCUT2D eigenvalue weighted by Gasteiger charge is 2.31. The van der Waals surface area contributed by atoms with Gasteiger partial charge in [0, 0.05) is 44.4 Å². The van der Waals surface area contributed by atoms with Crippen molar-refractivity contribution in [2.75, 3.05) is 47.0 Å². The molecule has 1 amide bonds. The number of hydrogen-bond acceptors (Lipinski definition) is 8. The Bertz CT molecular complexity index is 1150. The molecule has 0 spiro atoms. The molecule has 0 unspecified atom stereocenters. The van der Waals surface area contributed by atoms with Gasteiger partial charge in [0.25, 0.3) is 5.91 Å². The molecule has 33 heavy (non-hydrogen) atoms. The Morgan fingerprint density at radius 2 is 1.73 bits per heavy atom. The maximum atomic E-state index is 13.7. The van der Waals surface area contributed by atoms with Crippen LogP contribution in [0.3, 0.4) is 0 Å². The molecule has 0 radical (unpaired) electrons. The number of nitro groups is 1. The van der Waals surface area contributed by atoms with Crippen LogP contribution >= 0.6 is 0 Å². The maximum absolute atomic E-state index is 13.7. The Morgan fingerprint density at radius 3 is 2.30 bits per heavy atom. The highest BCUT2D eigenvalue weighted by atomic mass is 32.2. The molecule has 2 aromatic carbocycles. The lowest BCUT2D eigenvalue weighted by Crippen LogP contribution is -2.51. The Kier molecular flexibility index (Phi) is 7.33. The van der Waals surface area contributed by atoms with Crippen LogP contribution in [0.15, 0.2) is 41.3 Å². The first-order valence-corrected chi connectivity index (χ1v) is 11.2. The lowest BCUT2D eigenvalue weighted by Gasteiger charge is -2.34. The van der Waals surface area contributed by atoms with Gasteiger partial charge in [0.15, 0.2) is 18.1 Å². The predicted molar refractivity (Wildman–Crippen MR) is 113 cm³/mol. The Hall–Kier alpha value is -3.45. The van der Waals surface area contributed by atoms with E-state index in [-0.39, 0.29) is 42.6 Å². The topological polar surface area (TPSA) is 129 Å². The van der Waals surface area contributed by atoms with Crippen LogP contribution in [0.4, 0.5) is 10.1 Å². The molecule has 178 valence electrons. The third-order valence-corrected chi connectivity index (χ3v) is 6.96. The lowest BCUT2D eigenvalue weighted by atomic mass is 10.3. The minimum atomic E-state index is -3.81. The van der Waals surface area contributed by atoms with E-state index in [1.54, 1.807) is 0 Å². The molecule has 0 saturated carbocycles. The second-order valence-electron chi connectivity index (χ2n) is 6.96. The summed E-state index contributed by atoms with van der Waals surface area (Å²) in [5, 5.41) is 10.7. The van der Waals surface area contributed by atoms with E-state index in [0.717, 1.165) is 12.1 Å². The number of halogens is 1. The van der Waals surface area contributed by atoms with Crippen molar-refractivity contribution in [1.82, 2.24) is 9.21 Å². The summed E-state index contributed by atoms with van der Waals surface area (Å²) in [5.41, 5.74) is -0.694. The first-order chi connectivity index (χ1) is 15.7. The number of nitrogens with zero attached hydrogens (tertiary/aromatic N) is 3. The average Bonchev–Trinajstić information content (AvgIpc) is 2.81. The number of rotatable bonds is 8. The maximum Gasteiger partial charge on any atom is 0.305 e. The molecule has 1 aliphatic heterocycles. The third-order valence-electron chi connectivity index (χ3n) is 5.06. The van der Waals surface area contributed by atoms with Crippen LogP contribution in [0, 0.1) is 15.9 Å². The standard InChI is InChI=1S/C20H22FN3O8S/c1-30-18-6-4-15(12-19(18)31-2)33(28,29)23-9-7-22(8-10-23)20(25)13-32-14-3-5-17(24(26)27)16(21)11-14/h3-6,11-12H,7-10,13H2,1-2H3. The molecule has 0 atom stereocenters. The summed E-state index contributed by atoms with van der Waals surface area (Å²) in [6.45, 7) is 0.0233. The molecule has 0 N–H and O–H groups in total. The zero-order valence-corrected chi connectivity index (χ0v) is 18.7. The van der Waals surface area contributed by atoms with Gasteiger partial charge in [-0.1, -0.05) is 0 Å². The van der Waals surface area contributed by atoms with Crippen molar-refractivity contribution in [3.63, 3.8) is 0 Å². The van der Waals surface area contributed by atoms with Crippen molar-refractivity contribution in [1.29, 1.82) is 0 Å². The van der Waals surface area contributed by atoms with Gasteiger partial charge < -0.3 is 19.1 Å². The van der Waals surface area contributed by atoms with Crippen molar-refractivity contribution in [2.45, 2.75) is 4.90 Å². The summed E-state index contributed by atoms with van der Waals surface area (Å²) >= 11 is 0. The zero-order valence-electron chi connectivity index (χ0n) is 17.9. The minimum Gasteiger partial charge on any atom is -0.493 e. The zero-order chi connectivity index (χ0) is 24.2. The van der Waals surface area contributed by atoms with Crippen LogP contribution < -0.4 is 14.2 Å². The van der Waals surface area contributed by atoms with E-state index < -0.39 is 39.0 Å². The summed E-state index contributed by atoms with van der Waals surface area (Å²) in [7, 11) is -0.951. The first kappa shape index (κ1) is 24.2. The first-order valence-electron chi connectivity index (χ1n) is 9.74. The van der Waals surface area contributed by atoms with Gasteiger partial charge in [-0.25, -0.2) is 8.42 Å². The summed E-state index contributed by atoms with van der Waals surface area (Å²) in [5.74, 6) is -0.830. The largest absolute Gasteiger partial charge is 0.493 e. The molecule has 11 nitrogen and oxygen atoms in total. The number of amides is 1. The van der Waals surface area contributed by atoms with E-state index in [1.165, 1.54) is 47.7 Å². The quantitative estimate of drug-likeness (QED) is 0.410. The number of nitro benzene ring substituents is 1. The normalized spacial score (nSPS) is 14.6. The molecule has 0 aliphatic carbocycles. The lowest BCUT2D eigenvalue weighted by molar-refractivity contribution is -0.387. The van der Waals surface area contributed by atoms with Gasteiger partial charge in [0.2, 0.25) is 15.8 Å². The molecule has 1 aliphatic rings. The molecule has 2 aromatic rings. The molecule has 1 heterocycles. The van der Waals surface area contributed by atoms with E-state index >= 15 is 0 Å². The molecular formula is C20H22FN3O8S. The molecular weight excluding hydrogens is 461 g/mol. The van der Waals surface area contributed by atoms with Crippen molar-refractivity contribution >= 4 is 21.6 Å². The second kappa shape index (κ2) is 10.0. The Labute approximate surface area is 189 Å². The molecule has 3 rings (SSSR count). The van der Waals surface area contributed by atoms with E-state index in [2.05, 4.69) is 0 Å². The molecule has 0 bridgehead atoms. The Balaban J connectivity index is 1.58. The van der Waals surface area contributed by atoms with Gasteiger partial charge in [-0.3, -0.25) is 14.9 Å². The van der Waals surface area contributed by atoms with Gasteiger partial charge in [0.05, 0.1) is 24.0 Å². The SMILES string of the molecule is COc1ccc(S(=O)(=O)N2CCN(C(=O)COc3ccc([N+](=O)[O-])c(F)c3)CC2)cc1OC. The van der Waals surface area contributed by atoms with Crippen LogP contribution in [0.2, 0.25) is 0 Å². The number of carbonyl (C=O) groups is 1. The predicted octanol–water partition coefficient (Wildman–Crippen LogP) is 1.66.